The molecule has 0 radical (unpaired) electrons. The second-order valence-electron chi connectivity index (χ2n) is 4.52. The lowest BCUT2D eigenvalue weighted by Gasteiger charge is -2.19. The predicted octanol–water partition coefficient (Wildman–Crippen LogP) is 1.83. The summed E-state index contributed by atoms with van der Waals surface area (Å²) in [4.78, 5) is 8.26. The van der Waals surface area contributed by atoms with Crippen molar-refractivity contribution in [3.05, 3.63) is 48.0 Å². The Labute approximate surface area is 124 Å². The Bertz CT molecular complexity index is 577. The van der Waals surface area contributed by atoms with Crippen LogP contribution in [0.4, 0.5) is 0 Å². The van der Waals surface area contributed by atoms with Gasteiger partial charge in [0, 0.05) is 18.0 Å². The number of hydrazine groups is 1. The highest BCUT2D eigenvalue weighted by atomic mass is 16.5. The third-order valence-corrected chi connectivity index (χ3v) is 3.05. The highest BCUT2D eigenvalue weighted by Gasteiger charge is 2.18. The first-order valence-corrected chi connectivity index (χ1v) is 6.82. The molecule has 2 heterocycles. The number of methoxy groups -OCH3 is 1. The molecule has 112 valence electrons. The SMILES string of the molecule is CCCOc1cncc(C(NN)c2ccncc2OC)c1. The summed E-state index contributed by atoms with van der Waals surface area (Å²) in [7, 11) is 1.60. The topological polar surface area (TPSA) is 82.3 Å². The number of nitrogens with two attached hydrogens (primary N) is 1. The molecule has 0 spiro atoms. The fourth-order valence-corrected chi connectivity index (χ4v) is 2.06. The second kappa shape index (κ2) is 7.56. The summed E-state index contributed by atoms with van der Waals surface area (Å²) in [5.74, 6) is 7.11. The minimum Gasteiger partial charge on any atom is -0.495 e. The van der Waals surface area contributed by atoms with Gasteiger partial charge in [0.05, 0.1) is 32.2 Å². The van der Waals surface area contributed by atoms with E-state index in [2.05, 4.69) is 22.3 Å². The van der Waals surface area contributed by atoms with Gasteiger partial charge in [0.1, 0.15) is 11.5 Å². The van der Waals surface area contributed by atoms with E-state index in [1.165, 1.54) is 0 Å². The van der Waals surface area contributed by atoms with Gasteiger partial charge in [-0.2, -0.15) is 0 Å². The van der Waals surface area contributed by atoms with Gasteiger partial charge in [-0.3, -0.25) is 15.8 Å². The van der Waals surface area contributed by atoms with Crippen molar-refractivity contribution in [2.24, 2.45) is 5.84 Å². The van der Waals surface area contributed by atoms with Crippen LogP contribution >= 0.6 is 0 Å². The van der Waals surface area contributed by atoms with Crippen molar-refractivity contribution in [3.8, 4) is 11.5 Å². The number of aromatic nitrogens is 2. The Morgan fingerprint density at radius 1 is 1.29 bits per heavy atom. The summed E-state index contributed by atoms with van der Waals surface area (Å²) in [6.07, 6.45) is 7.75. The molecule has 6 nitrogen and oxygen atoms in total. The van der Waals surface area contributed by atoms with Crippen LogP contribution in [0.5, 0.6) is 11.5 Å². The Morgan fingerprint density at radius 3 is 2.86 bits per heavy atom. The van der Waals surface area contributed by atoms with E-state index in [-0.39, 0.29) is 6.04 Å². The maximum absolute atomic E-state index is 5.72. The van der Waals surface area contributed by atoms with E-state index in [0.29, 0.717) is 12.4 Å². The van der Waals surface area contributed by atoms with Crippen LogP contribution in [-0.4, -0.2) is 23.7 Å². The predicted molar refractivity (Wildman–Crippen MR) is 80.0 cm³/mol. The van der Waals surface area contributed by atoms with Gasteiger partial charge in [-0.05, 0) is 24.1 Å². The number of hydrogen-bond donors (Lipinski definition) is 2. The maximum Gasteiger partial charge on any atom is 0.142 e. The third kappa shape index (κ3) is 3.68. The molecule has 0 fully saturated rings. The fraction of sp³-hybridized carbons (Fsp3) is 0.333. The van der Waals surface area contributed by atoms with E-state index in [1.54, 1.807) is 31.9 Å². The first-order valence-electron chi connectivity index (χ1n) is 6.82. The summed E-state index contributed by atoms with van der Waals surface area (Å²) in [6.45, 7) is 2.72. The third-order valence-electron chi connectivity index (χ3n) is 3.05. The van der Waals surface area contributed by atoms with E-state index in [1.807, 2.05) is 12.1 Å². The van der Waals surface area contributed by atoms with Gasteiger partial charge >= 0.3 is 0 Å². The zero-order chi connectivity index (χ0) is 15.1. The summed E-state index contributed by atoms with van der Waals surface area (Å²) in [6, 6.07) is 3.54. The number of rotatable bonds is 7. The summed E-state index contributed by atoms with van der Waals surface area (Å²) in [5, 5.41) is 0. The van der Waals surface area contributed by atoms with Gasteiger partial charge in [0.2, 0.25) is 0 Å². The molecule has 0 aromatic carbocycles. The van der Waals surface area contributed by atoms with Crippen LogP contribution in [0.25, 0.3) is 0 Å². The second-order valence-corrected chi connectivity index (χ2v) is 4.52. The van der Waals surface area contributed by atoms with Crippen molar-refractivity contribution in [2.75, 3.05) is 13.7 Å². The Balaban J connectivity index is 2.32. The molecule has 0 saturated carbocycles. The van der Waals surface area contributed by atoms with Crippen LogP contribution in [-0.2, 0) is 0 Å². The van der Waals surface area contributed by atoms with Crippen LogP contribution < -0.4 is 20.7 Å². The van der Waals surface area contributed by atoms with E-state index >= 15 is 0 Å². The van der Waals surface area contributed by atoms with Gasteiger partial charge in [-0.25, -0.2) is 5.43 Å². The molecule has 1 unspecified atom stereocenters. The van der Waals surface area contributed by atoms with Crippen molar-refractivity contribution < 1.29 is 9.47 Å². The number of nitrogens with one attached hydrogen (secondary N) is 1. The molecule has 0 aliphatic heterocycles. The number of nitrogens with zero attached hydrogens (tertiary/aromatic N) is 2. The molecule has 21 heavy (non-hydrogen) atoms. The molecule has 2 aromatic heterocycles. The Morgan fingerprint density at radius 2 is 2.14 bits per heavy atom. The molecule has 0 amide bonds. The van der Waals surface area contributed by atoms with Crippen LogP contribution in [0, 0.1) is 0 Å². The molecular weight excluding hydrogens is 268 g/mol. The average Bonchev–Trinajstić information content (AvgIpc) is 2.54. The molecule has 2 rings (SSSR count). The van der Waals surface area contributed by atoms with Gasteiger partial charge < -0.3 is 9.47 Å². The highest BCUT2D eigenvalue weighted by molar-refractivity contribution is 5.40. The molecule has 2 aromatic rings. The van der Waals surface area contributed by atoms with Crippen LogP contribution in [0.1, 0.15) is 30.5 Å². The summed E-state index contributed by atoms with van der Waals surface area (Å²) >= 11 is 0. The van der Waals surface area contributed by atoms with Crippen LogP contribution in [0.15, 0.2) is 36.9 Å². The van der Waals surface area contributed by atoms with Crippen molar-refractivity contribution in [1.82, 2.24) is 15.4 Å². The largest absolute Gasteiger partial charge is 0.495 e. The molecule has 1 atom stereocenters. The standard InChI is InChI=1S/C15H20N4O2/c1-3-6-21-12-7-11(8-18-9-12)15(19-16)13-4-5-17-10-14(13)20-2/h4-5,7-10,15,19H,3,6,16H2,1-2H3. The van der Waals surface area contributed by atoms with E-state index in [9.17, 15) is 0 Å². The monoisotopic (exact) mass is 288 g/mol. The van der Waals surface area contributed by atoms with E-state index < -0.39 is 0 Å². The zero-order valence-corrected chi connectivity index (χ0v) is 12.2. The van der Waals surface area contributed by atoms with Crippen molar-refractivity contribution in [3.63, 3.8) is 0 Å². The first kappa shape index (κ1) is 15.2. The smallest absolute Gasteiger partial charge is 0.142 e. The number of pyridine rings is 2. The molecular formula is C15H20N4O2. The van der Waals surface area contributed by atoms with Crippen molar-refractivity contribution in [1.29, 1.82) is 0 Å². The Kier molecular flexibility index (Phi) is 5.48. The summed E-state index contributed by atoms with van der Waals surface area (Å²) < 4.78 is 10.9. The molecule has 0 aliphatic rings. The molecule has 3 N–H and O–H groups in total. The quantitative estimate of drug-likeness (QED) is 0.597. The first-order chi connectivity index (χ1) is 10.3. The minimum atomic E-state index is -0.249. The van der Waals surface area contributed by atoms with Gasteiger partial charge in [0.25, 0.3) is 0 Å². The van der Waals surface area contributed by atoms with Gasteiger partial charge in [-0.1, -0.05) is 6.92 Å². The summed E-state index contributed by atoms with van der Waals surface area (Å²) in [5.41, 5.74) is 4.58. The maximum atomic E-state index is 5.72. The lowest BCUT2D eigenvalue weighted by atomic mass is 10.0. The molecule has 0 bridgehead atoms. The average molecular weight is 288 g/mol. The van der Waals surface area contributed by atoms with Gasteiger partial charge in [-0.15, -0.1) is 0 Å². The van der Waals surface area contributed by atoms with Crippen molar-refractivity contribution in [2.45, 2.75) is 19.4 Å². The van der Waals surface area contributed by atoms with E-state index in [0.717, 1.165) is 23.3 Å². The zero-order valence-electron chi connectivity index (χ0n) is 12.2. The molecule has 6 heteroatoms. The minimum absolute atomic E-state index is 0.249. The Hall–Kier alpha value is -2.18. The number of ether oxygens (including phenoxy) is 2. The number of hydrogen-bond acceptors (Lipinski definition) is 6. The lowest BCUT2D eigenvalue weighted by molar-refractivity contribution is 0.315. The molecule has 0 aliphatic carbocycles. The van der Waals surface area contributed by atoms with Gasteiger partial charge in [0.15, 0.2) is 0 Å². The van der Waals surface area contributed by atoms with E-state index in [4.69, 9.17) is 15.3 Å². The highest BCUT2D eigenvalue weighted by Crippen LogP contribution is 2.29. The lowest BCUT2D eigenvalue weighted by Crippen LogP contribution is -2.29. The van der Waals surface area contributed by atoms with Crippen molar-refractivity contribution >= 4 is 0 Å². The normalized spacial score (nSPS) is 12.0. The van der Waals surface area contributed by atoms with Crippen LogP contribution in [0.3, 0.4) is 0 Å². The molecule has 0 saturated heterocycles. The fourth-order valence-electron chi connectivity index (χ4n) is 2.06. The van der Waals surface area contributed by atoms with Crippen LogP contribution in [0.2, 0.25) is 0 Å².